The van der Waals surface area contributed by atoms with Crippen LogP contribution in [0.1, 0.15) is 32.4 Å². The molecule has 2 amide bonds. The van der Waals surface area contributed by atoms with Gasteiger partial charge in [0.25, 0.3) is 17.5 Å². The molecule has 0 aromatic heterocycles. The lowest BCUT2D eigenvalue weighted by atomic mass is 10.1. The molecule has 3 aromatic rings. The Morgan fingerprint density at radius 3 is 1.77 bits per heavy atom. The number of carbonyl (C=O) groups excluding carboxylic acids is 2. The summed E-state index contributed by atoms with van der Waals surface area (Å²) in [6, 6.07) is 18.4. The summed E-state index contributed by atoms with van der Waals surface area (Å²) in [6.45, 7) is 0. The van der Waals surface area contributed by atoms with Crippen LogP contribution in [-0.4, -0.2) is 16.7 Å². The highest BCUT2D eigenvalue weighted by Crippen LogP contribution is 2.22. The van der Waals surface area contributed by atoms with Crippen molar-refractivity contribution in [3.8, 4) is 0 Å². The minimum Gasteiger partial charge on any atom is -0.328 e. The maximum Gasteiger partial charge on any atom is 0.269 e. The monoisotopic (exact) mass is 443 g/mol. The highest BCUT2D eigenvalue weighted by atomic mass is 35.5. The van der Waals surface area contributed by atoms with Gasteiger partial charge in [0.05, 0.1) is 26.1 Å². The van der Waals surface area contributed by atoms with Gasteiger partial charge < -0.3 is 10.6 Å². The van der Waals surface area contributed by atoms with Crippen LogP contribution < -0.4 is 10.6 Å². The van der Waals surface area contributed by atoms with E-state index in [1.807, 2.05) is 0 Å². The van der Waals surface area contributed by atoms with Crippen molar-refractivity contribution in [1.82, 2.24) is 10.6 Å². The molecule has 3 rings (SSSR count). The molecule has 0 bridgehead atoms. The lowest BCUT2D eigenvalue weighted by molar-refractivity contribution is -0.384. The highest BCUT2D eigenvalue weighted by Gasteiger charge is 2.22. The number of halogens is 2. The van der Waals surface area contributed by atoms with Crippen LogP contribution in [0.4, 0.5) is 5.69 Å². The maximum absolute atomic E-state index is 12.7. The number of nitrogens with zero attached hydrogens (tertiary/aromatic N) is 1. The molecule has 0 unspecified atom stereocenters. The number of non-ortho nitro benzene ring substituents is 1. The predicted molar refractivity (Wildman–Crippen MR) is 114 cm³/mol. The molecule has 0 aliphatic heterocycles. The number of rotatable bonds is 6. The molecule has 152 valence electrons. The number of hydrogen-bond acceptors (Lipinski definition) is 4. The van der Waals surface area contributed by atoms with Crippen molar-refractivity contribution in [3.05, 3.63) is 110 Å². The van der Waals surface area contributed by atoms with Crippen LogP contribution in [-0.2, 0) is 0 Å². The van der Waals surface area contributed by atoms with Crippen LogP contribution >= 0.6 is 23.2 Å². The zero-order valence-corrected chi connectivity index (χ0v) is 16.9. The van der Waals surface area contributed by atoms with E-state index in [9.17, 15) is 19.7 Å². The van der Waals surface area contributed by atoms with E-state index in [4.69, 9.17) is 23.2 Å². The molecule has 0 aliphatic carbocycles. The summed E-state index contributed by atoms with van der Waals surface area (Å²) in [4.78, 5) is 36.1. The topological polar surface area (TPSA) is 101 Å². The number of nitrogens with one attached hydrogen (secondary N) is 2. The van der Waals surface area contributed by atoms with Gasteiger partial charge in [0.2, 0.25) is 0 Å². The van der Waals surface area contributed by atoms with Crippen molar-refractivity contribution in [3.63, 3.8) is 0 Å². The Hall–Kier alpha value is -3.42. The van der Waals surface area contributed by atoms with Gasteiger partial charge in [-0.1, -0.05) is 59.6 Å². The average molecular weight is 444 g/mol. The average Bonchev–Trinajstić information content (AvgIpc) is 2.73. The number of carbonyl (C=O) groups is 2. The minimum atomic E-state index is -1.07. The second-order valence-corrected chi connectivity index (χ2v) is 7.01. The third-order valence-corrected chi connectivity index (χ3v) is 4.86. The van der Waals surface area contributed by atoms with Gasteiger partial charge in [-0.15, -0.1) is 0 Å². The second kappa shape index (κ2) is 9.39. The lowest BCUT2D eigenvalue weighted by Gasteiger charge is -2.21. The number of nitro benzene ring substituents is 1. The zero-order chi connectivity index (χ0) is 21.7. The zero-order valence-electron chi connectivity index (χ0n) is 15.3. The SMILES string of the molecule is O=C(NC(NC(=O)c1ccccc1Cl)c1cccc([N+](=O)[O-])c1)c1ccccc1Cl. The fourth-order valence-corrected chi connectivity index (χ4v) is 3.17. The Morgan fingerprint density at radius 1 is 0.800 bits per heavy atom. The van der Waals surface area contributed by atoms with E-state index < -0.39 is 22.9 Å². The first-order valence-corrected chi connectivity index (χ1v) is 9.47. The van der Waals surface area contributed by atoms with E-state index in [1.54, 1.807) is 42.5 Å². The van der Waals surface area contributed by atoms with Crippen LogP contribution in [0.2, 0.25) is 10.0 Å². The molecule has 3 aromatic carbocycles. The standard InChI is InChI=1S/C21H15Cl2N3O4/c22-17-10-3-1-8-15(17)20(27)24-19(13-6-5-7-14(12-13)26(29)30)25-21(28)16-9-2-4-11-18(16)23/h1-12,19H,(H,24,27)(H,25,28). The molecular weight excluding hydrogens is 429 g/mol. The molecule has 0 saturated carbocycles. The quantitative estimate of drug-likeness (QED) is 0.325. The minimum absolute atomic E-state index is 0.184. The molecule has 0 heterocycles. The smallest absolute Gasteiger partial charge is 0.269 e. The van der Waals surface area contributed by atoms with Gasteiger partial charge in [0.15, 0.2) is 0 Å². The number of hydrogen-bond donors (Lipinski definition) is 2. The molecule has 0 atom stereocenters. The van der Waals surface area contributed by atoms with E-state index in [0.29, 0.717) is 5.56 Å². The summed E-state index contributed by atoms with van der Waals surface area (Å²) >= 11 is 12.2. The van der Waals surface area contributed by atoms with Crippen LogP contribution in [0.3, 0.4) is 0 Å². The molecule has 30 heavy (non-hydrogen) atoms. The fourth-order valence-electron chi connectivity index (χ4n) is 2.73. The Morgan fingerprint density at radius 2 is 1.30 bits per heavy atom. The summed E-state index contributed by atoms with van der Waals surface area (Å²) in [5, 5.41) is 16.9. The summed E-state index contributed by atoms with van der Waals surface area (Å²) in [5.74, 6) is -1.12. The van der Waals surface area contributed by atoms with Gasteiger partial charge in [0.1, 0.15) is 6.17 Å². The molecule has 0 radical (unpaired) electrons. The Bertz CT molecular complexity index is 1060. The first-order valence-electron chi connectivity index (χ1n) is 8.72. The fraction of sp³-hybridized carbons (Fsp3) is 0.0476. The van der Waals surface area contributed by atoms with Crippen LogP contribution in [0.25, 0.3) is 0 Å². The summed E-state index contributed by atoms with van der Waals surface area (Å²) in [5.41, 5.74) is 0.518. The van der Waals surface area contributed by atoms with Crippen molar-refractivity contribution >= 4 is 40.7 Å². The number of amides is 2. The molecule has 7 nitrogen and oxygen atoms in total. The van der Waals surface area contributed by atoms with E-state index in [2.05, 4.69) is 10.6 Å². The molecule has 0 aliphatic rings. The molecule has 0 saturated heterocycles. The normalized spacial score (nSPS) is 10.5. The molecule has 9 heteroatoms. The van der Waals surface area contributed by atoms with Crippen molar-refractivity contribution in [2.45, 2.75) is 6.17 Å². The Balaban J connectivity index is 1.94. The Kier molecular flexibility index (Phi) is 6.66. The summed E-state index contributed by atoms with van der Waals surface area (Å²) < 4.78 is 0. The van der Waals surface area contributed by atoms with E-state index in [0.717, 1.165) is 0 Å². The number of nitro groups is 1. The van der Waals surface area contributed by atoms with Gasteiger partial charge in [0, 0.05) is 17.7 Å². The van der Waals surface area contributed by atoms with E-state index >= 15 is 0 Å². The van der Waals surface area contributed by atoms with Gasteiger partial charge in [-0.2, -0.15) is 0 Å². The molecule has 2 N–H and O–H groups in total. The van der Waals surface area contributed by atoms with Crippen molar-refractivity contribution in [1.29, 1.82) is 0 Å². The largest absolute Gasteiger partial charge is 0.328 e. The van der Waals surface area contributed by atoms with Gasteiger partial charge in [-0.25, -0.2) is 0 Å². The van der Waals surface area contributed by atoms with Crippen molar-refractivity contribution in [2.75, 3.05) is 0 Å². The van der Waals surface area contributed by atoms with Gasteiger partial charge >= 0.3 is 0 Å². The first kappa shape index (κ1) is 21.3. The molecular formula is C21H15Cl2N3O4. The third-order valence-electron chi connectivity index (χ3n) is 4.20. The highest BCUT2D eigenvalue weighted by molar-refractivity contribution is 6.34. The first-order chi connectivity index (χ1) is 14.4. The predicted octanol–water partition coefficient (Wildman–Crippen LogP) is 4.76. The van der Waals surface area contributed by atoms with E-state index in [1.165, 1.54) is 30.3 Å². The lowest BCUT2D eigenvalue weighted by Crippen LogP contribution is -2.41. The second-order valence-electron chi connectivity index (χ2n) is 6.19. The third kappa shape index (κ3) is 4.94. The van der Waals surface area contributed by atoms with Gasteiger partial charge in [-0.3, -0.25) is 19.7 Å². The maximum atomic E-state index is 12.7. The van der Waals surface area contributed by atoms with Crippen LogP contribution in [0, 0.1) is 10.1 Å². The summed E-state index contributed by atoms with van der Waals surface area (Å²) in [6.07, 6.45) is -1.07. The van der Waals surface area contributed by atoms with Crippen molar-refractivity contribution < 1.29 is 14.5 Å². The Labute approximate surface area is 181 Å². The van der Waals surface area contributed by atoms with E-state index in [-0.39, 0.29) is 26.9 Å². The molecule has 0 fully saturated rings. The summed E-state index contributed by atoms with van der Waals surface area (Å²) in [7, 11) is 0. The van der Waals surface area contributed by atoms with Crippen molar-refractivity contribution in [2.24, 2.45) is 0 Å². The van der Waals surface area contributed by atoms with Gasteiger partial charge in [-0.05, 0) is 24.3 Å². The van der Waals surface area contributed by atoms with Crippen LogP contribution in [0.5, 0.6) is 0 Å². The number of benzene rings is 3. The molecule has 0 spiro atoms. The van der Waals surface area contributed by atoms with Crippen LogP contribution in [0.15, 0.2) is 72.8 Å².